The van der Waals surface area contributed by atoms with Crippen molar-refractivity contribution in [2.45, 2.75) is 6.92 Å². The van der Waals surface area contributed by atoms with E-state index >= 15 is 0 Å². The lowest BCUT2D eigenvalue weighted by Gasteiger charge is -1.95. The molecule has 1 heterocycles. The summed E-state index contributed by atoms with van der Waals surface area (Å²) in [7, 11) is 0. The van der Waals surface area contributed by atoms with Gasteiger partial charge < -0.3 is 5.32 Å². The molecule has 0 saturated heterocycles. The van der Waals surface area contributed by atoms with Gasteiger partial charge in [0.2, 0.25) is 0 Å². The van der Waals surface area contributed by atoms with E-state index in [2.05, 4.69) is 16.5 Å². The number of hydrogen-bond acceptors (Lipinski definition) is 1. The van der Waals surface area contributed by atoms with Crippen LogP contribution in [0.25, 0.3) is 0 Å². The van der Waals surface area contributed by atoms with Crippen LogP contribution in [0.3, 0.4) is 0 Å². The minimum atomic E-state index is 0.858. The van der Waals surface area contributed by atoms with E-state index in [0.717, 1.165) is 6.67 Å². The molecule has 2 nitrogen and oxygen atoms in total. The number of hydrogen-bond donors (Lipinski definition) is 1. The lowest BCUT2D eigenvalue weighted by Crippen LogP contribution is -2.78. The summed E-state index contributed by atoms with van der Waals surface area (Å²) < 4.78 is 0. The Hall–Kier alpha value is -0.630. The van der Waals surface area contributed by atoms with Crippen LogP contribution in [-0.2, 0) is 0 Å². The van der Waals surface area contributed by atoms with Crippen molar-refractivity contribution < 1.29 is 5.32 Å². The smallest absolute Gasteiger partial charge is 0.173 e. The molecule has 0 amide bonds. The first-order valence-corrected chi connectivity index (χ1v) is 2.39. The molecule has 1 aliphatic heterocycles. The van der Waals surface area contributed by atoms with Gasteiger partial charge in [-0.3, -0.25) is 0 Å². The molecule has 0 atom stereocenters. The van der Waals surface area contributed by atoms with Gasteiger partial charge >= 0.3 is 0 Å². The van der Waals surface area contributed by atoms with Crippen LogP contribution < -0.4 is 5.32 Å². The second-order valence-corrected chi connectivity index (χ2v) is 1.64. The van der Waals surface area contributed by atoms with Gasteiger partial charge in [-0.15, -0.1) is 0 Å². The second-order valence-electron chi connectivity index (χ2n) is 1.64. The van der Waals surface area contributed by atoms with Gasteiger partial charge in [0.15, 0.2) is 6.67 Å². The highest BCUT2D eigenvalue weighted by Gasteiger charge is 1.89. The Morgan fingerprint density at radius 3 is 3.00 bits per heavy atom. The molecule has 0 saturated carbocycles. The average molecular weight is 97.1 g/mol. The lowest BCUT2D eigenvalue weighted by molar-refractivity contribution is -0.587. The van der Waals surface area contributed by atoms with Crippen LogP contribution in [0.15, 0.2) is 16.8 Å². The molecule has 0 aromatic rings. The maximum absolute atomic E-state index is 4.01. The van der Waals surface area contributed by atoms with Gasteiger partial charge in [0, 0.05) is 11.8 Å². The van der Waals surface area contributed by atoms with Crippen molar-refractivity contribution in [3.05, 3.63) is 11.8 Å². The first-order chi connectivity index (χ1) is 3.39. The number of aliphatic imine (C=N–C) groups is 1. The normalized spacial score (nSPS) is 19.3. The molecule has 0 spiro atoms. The Morgan fingerprint density at radius 2 is 2.71 bits per heavy atom. The Balaban J connectivity index is 2.58. The summed E-state index contributed by atoms with van der Waals surface area (Å²) in [4.78, 5) is 4.01. The fourth-order valence-electron chi connectivity index (χ4n) is 0.539. The molecular formula is C5H9N2+. The fourth-order valence-corrected chi connectivity index (χ4v) is 0.539. The van der Waals surface area contributed by atoms with E-state index in [4.69, 9.17) is 0 Å². The van der Waals surface area contributed by atoms with Crippen molar-refractivity contribution in [3.63, 3.8) is 0 Å². The van der Waals surface area contributed by atoms with Crippen LogP contribution in [0, 0.1) is 0 Å². The molecule has 7 heavy (non-hydrogen) atoms. The Bertz CT molecular complexity index is 113. The molecule has 0 aromatic heterocycles. The molecule has 38 valence electrons. The summed E-state index contributed by atoms with van der Waals surface area (Å²) in [5.74, 6) is 0. The number of nitrogens with zero attached hydrogens (tertiary/aromatic N) is 1. The van der Waals surface area contributed by atoms with Crippen molar-refractivity contribution >= 4 is 6.21 Å². The number of nitrogens with two attached hydrogens (primary N) is 1. The van der Waals surface area contributed by atoms with Gasteiger partial charge in [0.05, 0.1) is 6.20 Å². The van der Waals surface area contributed by atoms with E-state index in [9.17, 15) is 0 Å². The predicted molar refractivity (Wildman–Crippen MR) is 29.0 cm³/mol. The molecule has 2 heteroatoms. The van der Waals surface area contributed by atoms with Gasteiger partial charge in [-0.25, -0.2) is 4.99 Å². The third kappa shape index (κ3) is 1.12. The van der Waals surface area contributed by atoms with E-state index in [1.165, 1.54) is 5.57 Å². The van der Waals surface area contributed by atoms with Crippen molar-refractivity contribution in [1.82, 2.24) is 0 Å². The SMILES string of the molecule is CC1=C[NH2+]CN=C1. The van der Waals surface area contributed by atoms with Gasteiger partial charge in [0.1, 0.15) is 0 Å². The van der Waals surface area contributed by atoms with Crippen molar-refractivity contribution in [1.29, 1.82) is 0 Å². The summed E-state index contributed by atoms with van der Waals surface area (Å²) in [6.45, 7) is 2.90. The summed E-state index contributed by atoms with van der Waals surface area (Å²) >= 11 is 0. The van der Waals surface area contributed by atoms with E-state index in [1.807, 2.05) is 13.1 Å². The number of rotatable bonds is 0. The quantitative estimate of drug-likeness (QED) is 0.422. The fraction of sp³-hybridized carbons (Fsp3) is 0.400. The average Bonchev–Trinajstić information content (AvgIpc) is 1.69. The minimum absolute atomic E-state index is 0.858. The standard InChI is InChI=1S/C5H8N2/c1-5-2-6-4-7-3-5/h2-3,6H,4H2,1H3/p+1. The van der Waals surface area contributed by atoms with Crippen molar-refractivity contribution in [3.8, 4) is 0 Å². The maximum atomic E-state index is 4.01. The topological polar surface area (TPSA) is 29.0 Å². The summed E-state index contributed by atoms with van der Waals surface area (Å²) in [6.07, 6.45) is 3.97. The molecule has 0 radical (unpaired) electrons. The van der Waals surface area contributed by atoms with E-state index < -0.39 is 0 Å². The van der Waals surface area contributed by atoms with Crippen LogP contribution in [-0.4, -0.2) is 12.9 Å². The van der Waals surface area contributed by atoms with Gasteiger partial charge in [-0.2, -0.15) is 0 Å². The highest BCUT2D eigenvalue weighted by molar-refractivity contribution is 5.77. The molecule has 0 fully saturated rings. The van der Waals surface area contributed by atoms with E-state index in [0.29, 0.717) is 0 Å². The largest absolute Gasteiger partial charge is 0.301 e. The third-order valence-electron chi connectivity index (χ3n) is 0.886. The van der Waals surface area contributed by atoms with E-state index in [-0.39, 0.29) is 0 Å². The zero-order valence-electron chi connectivity index (χ0n) is 4.39. The minimum Gasteiger partial charge on any atom is -0.301 e. The van der Waals surface area contributed by atoms with Crippen molar-refractivity contribution in [2.75, 3.05) is 6.67 Å². The van der Waals surface area contributed by atoms with Gasteiger partial charge in [-0.1, -0.05) is 0 Å². The highest BCUT2D eigenvalue weighted by Crippen LogP contribution is 1.82. The third-order valence-corrected chi connectivity index (χ3v) is 0.886. The molecule has 0 aliphatic carbocycles. The predicted octanol–water partition coefficient (Wildman–Crippen LogP) is -0.504. The van der Waals surface area contributed by atoms with Crippen LogP contribution in [0.5, 0.6) is 0 Å². The Kier molecular flexibility index (Phi) is 1.22. The monoisotopic (exact) mass is 97.1 g/mol. The molecular weight excluding hydrogens is 88.1 g/mol. The second kappa shape index (κ2) is 1.89. The van der Waals surface area contributed by atoms with Crippen LogP contribution in [0.1, 0.15) is 6.92 Å². The lowest BCUT2D eigenvalue weighted by atomic mass is 10.3. The number of quaternary nitrogens is 1. The highest BCUT2D eigenvalue weighted by atomic mass is 15.0. The van der Waals surface area contributed by atoms with Crippen molar-refractivity contribution in [2.24, 2.45) is 4.99 Å². The zero-order valence-corrected chi connectivity index (χ0v) is 4.39. The molecule has 1 rings (SSSR count). The van der Waals surface area contributed by atoms with Crippen LogP contribution in [0.4, 0.5) is 0 Å². The van der Waals surface area contributed by atoms with Gasteiger partial charge in [-0.05, 0) is 6.92 Å². The maximum Gasteiger partial charge on any atom is 0.173 e. The van der Waals surface area contributed by atoms with Gasteiger partial charge in [0.25, 0.3) is 0 Å². The van der Waals surface area contributed by atoms with E-state index in [1.54, 1.807) is 0 Å². The molecule has 1 aliphatic rings. The molecule has 2 N–H and O–H groups in total. The molecule has 0 unspecified atom stereocenters. The first-order valence-electron chi connectivity index (χ1n) is 2.39. The molecule has 0 bridgehead atoms. The molecule has 0 aromatic carbocycles. The summed E-state index contributed by atoms with van der Waals surface area (Å²) in [5.41, 5.74) is 1.24. The summed E-state index contributed by atoms with van der Waals surface area (Å²) in [5, 5.41) is 2.05. The zero-order chi connectivity index (χ0) is 5.11. The Morgan fingerprint density at radius 1 is 1.86 bits per heavy atom. The first kappa shape index (κ1) is 4.53. The Labute approximate surface area is 42.9 Å². The number of allylic oxidation sites excluding steroid dienone is 1. The summed E-state index contributed by atoms with van der Waals surface area (Å²) in [6, 6.07) is 0. The van der Waals surface area contributed by atoms with Crippen LogP contribution in [0.2, 0.25) is 0 Å². The van der Waals surface area contributed by atoms with Crippen LogP contribution >= 0.6 is 0 Å².